The van der Waals surface area contributed by atoms with Gasteiger partial charge in [0.05, 0.1) is 6.21 Å². The van der Waals surface area contributed by atoms with Gasteiger partial charge < -0.3 is 4.57 Å². The molecular formula is C27H20ClN3O. The third-order valence-corrected chi connectivity index (χ3v) is 5.89. The minimum absolute atomic E-state index is 0.238. The number of hydrogen-bond acceptors (Lipinski definition) is 2. The fourth-order valence-corrected chi connectivity index (χ4v) is 4.16. The molecule has 4 nitrogen and oxygen atoms in total. The van der Waals surface area contributed by atoms with Crippen molar-refractivity contribution in [2.75, 3.05) is 0 Å². The molecule has 1 N–H and O–H groups in total. The molecule has 156 valence electrons. The largest absolute Gasteiger partial charge is 0.342 e. The topological polar surface area (TPSA) is 46.4 Å². The Morgan fingerprint density at radius 3 is 2.47 bits per heavy atom. The number of carbonyl (C=O) groups excluding carboxylic acids is 1. The first-order valence-electron chi connectivity index (χ1n) is 10.3. The van der Waals surface area contributed by atoms with E-state index in [9.17, 15) is 4.79 Å². The van der Waals surface area contributed by atoms with E-state index < -0.39 is 0 Å². The summed E-state index contributed by atoms with van der Waals surface area (Å²) in [6.45, 7) is 0.649. The summed E-state index contributed by atoms with van der Waals surface area (Å²) in [7, 11) is 0. The Kier molecular flexibility index (Phi) is 5.44. The van der Waals surface area contributed by atoms with Gasteiger partial charge in [0, 0.05) is 39.8 Å². The monoisotopic (exact) mass is 437 g/mol. The van der Waals surface area contributed by atoms with Crippen LogP contribution in [0.3, 0.4) is 0 Å². The molecule has 5 rings (SSSR count). The summed E-state index contributed by atoms with van der Waals surface area (Å²) in [6, 6.07) is 29.4. The van der Waals surface area contributed by atoms with Gasteiger partial charge in [-0.2, -0.15) is 5.10 Å². The number of aromatic nitrogens is 1. The smallest absolute Gasteiger partial charge is 0.271 e. The number of hydrazone groups is 1. The number of nitrogens with one attached hydrogen (secondary N) is 1. The van der Waals surface area contributed by atoms with Crippen molar-refractivity contribution in [1.29, 1.82) is 0 Å². The predicted octanol–water partition coefficient (Wildman–Crippen LogP) is 6.26. The summed E-state index contributed by atoms with van der Waals surface area (Å²) in [6.07, 6.45) is 3.72. The summed E-state index contributed by atoms with van der Waals surface area (Å²) in [5.41, 5.74) is 6.32. The molecule has 0 saturated carbocycles. The summed E-state index contributed by atoms with van der Waals surface area (Å²) >= 11 is 6.36. The van der Waals surface area contributed by atoms with E-state index in [1.165, 1.54) is 0 Å². The molecule has 0 aliphatic carbocycles. The van der Waals surface area contributed by atoms with Crippen molar-refractivity contribution in [2.24, 2.45) is 5.10 Å². The lowest BCUT2D eigenvalue weighted by Crippen LogP contribution is -2.17. The van der Waals surface area contributed by atoms with Gasteiger partial charge in [-0.05, 0) is 34.5 Å². The molecule has 32 heavy (non-hydrogen) atoms. The summed E-state index contributed by atoms with van der Waals surface area (Å²) in [5.74, 6) is -0.238. The number of rotatable bonds is 5. The number of benzene rings is 4. The van der Waals surface area contributed by atoms with Crippen LogP contribution in [0.5, 0.6) is 0 Å². The second-order valence-corrected chi connectivity index (χ2v) is 7.95. The predicted molar refractivity (Wildman–Crippen MR) is 132 cm³/mol. The van der Waals surface area contributed by atoms with Crippen LogP contribution in [0.15, 0.2) is 102 Å². The van der Waals surface area contributed by atoms with E-state index in [4.69, 9.17) is 11.6 Å². The zero-order valence-electron chi connectivity index (χ0n) is 17.2. The third-order valence-electron chi connectivity index (χ3n) is 5.52. The standard InChI is InChI=1S/C27H20ClN3O/c28-25-14-5-2-9-20(25)17-31-18-21(23-12-4-6-15-26(23)31)16-29-30-27(32)24-13-7-10-19-8-1-3-11-22(19)24/h1-16,18H,17H2,(H,30,32)/b29-16+. The molecule has 5 heteroatoms. The highest BCUT2D eigenvalue weighted by Crippen LogP contribution is 2.24. The molecule has 1 aromatic heterocycles. The lowest BCUT2D eigenvalue weighted by Gasteiger charge is -2.07. The number of carbonyl (C=O) groups is 1. The molecule has 0 aliphatic heterocycles. The second-order valence-electron chi connectivity index (χ2n) is 7.55. The number of halogens is 1. The van der Waals surface area contributed by atoms with E-state index in [0.717, 1.165) is 37.8 Å². The Balaban J connectivity index is 1.42. The highest BCUT2D eigenvalue weighted by Gasteiger charge is 2.10. The zero-order valence-corrected chi connectivity index (χ0v) is 18.0. The maximum absolute atomic E-state index is 12.8. The normalized spacial score (nSPS) is 11.4. The summed E-state index contributed by atoms with van der Waals surface area (Å²) < 4.78 is 2.14. The summed E-state index contributed by atoms with van der Waals surface area (Å²) in [4.78, 5) is 12.8. The second kappa shape index (κ2) is 8.69. The van der Waals surface area contributed by atoms with Gasteiger partial charge in [-0.25, -0.2) is 5.43 Å². The maximum Gasteiger partial charge on any atom is 0.271 e. The first-order valence-corrected chi connectivity index (χ1v) is 10.7. The molecule has 0 bridgehead atoms. The molecule has 1 heterocycles. The van der Waals surface area contributed by atoms with Crippen molar-refractivity contribution < 1.29 is 4.79 Å². The molecule has 0 radical (unpaired) electrons. The van der Waals surface area contributed by atoms with Crippen molar-refractivity contribution in [3.05, 3.63) is 119 Å². The zero-order chi connectivity index (χ0) is 21.9. The molecule has 0 fully saturated rings. The first kappa shape index (κ1) is 20.0. The van der Waals surface area contributed by atoms with Crippen LogP contribution in [0.25, 0.3) is 21.7 Å². The molecular weight excluding hydrogens is 418 g/mol. The van der Waals surface area contributed by atoms with Crippen molar-refractivity contribution in [3.63, 3.8) is 0 Å². The van der Waals surface area contributed by atoms with Crippen molar-refractivity contribution in [1.82, 2.24) is 9.99 Å². The Labute approximate surface area is 190 Å². The lowest BCUT2D eigenvalue weighted by molar-refractivity contribution is 0.0957. The van der Waals surface area contributed by atoms with Crippen molar-refractivity contribution >= 4 is 45.4 Å². The van der Waals surface area contributed by atoms with E-state index in [1.807, 2.05) is 91.1 Å². The van der Waals surface area contributed by atoms with E-state index in [2.05, 4.69) is 21.2 Å². The van der Waals surface area contributed by atoms with Gasteiger partial charge in [-0.3, -0.25) is 4.79 Å². The quantitative estimate of drug-likeness (QED) is 0.256. The minimum Gasteiger partial charge on any atom is -0.342 e. The Morgan fingerprint density at radius 2 is 1.59 bits per heavy atom. The van der Waals surface area contributed by atoms with Crippen LogP contribution in [-0.2, 0) is 6.54 Å². The van der Waals surface area contributed by atoms with Gasteiger partial charge in [0.2, 0.25) is 0 Å². The van der Waals surface area contributed by atoms with Gasteiger partial charge in [0.25, 0.3) is 5.91 Å². The number of hydrogen-bond donors (Lipinski definition) is 1. The van der Waals surface area contributed by atoms with E-state index >= 15 is 0 Å². The van der Waals surface area contributed by atoms with Crippen LogP contribution in [0, 0.1) is 0 Å². The average molecular weight is 438 g/mol. The molecule has 0 atom stereocenters. The fraction of sp³-hybridized carbons (Fsp3) is 0.0370. The molecule has 0 saturated heterocycles. The average Bonchev–Trinajstić information content (AvgIpc) is 3.17. The molecule has 0 aliphatic rings. The van der Waals surface area contributed by atoms with Crippen LogP contribution in [-0.4, -0.2) is 16.7 Å². The Bertz CT molecular complexity index is 1460. The van der Waals surface area contributed by atoms with Gasteiger partial charge in [-0.15, -0.1) is 0 Å². The highest BCUT2D eigenvalue weighted by atomic mass is 35.5. The van der Waals surface area contributed by atoms with Crippen LogP contribution >= 0.6 is 11.6 Å². The lowest BCUT2D eigenvalue weighted by atomic mass is 10.0. The van der Waals surface area contributed by atoms with Crippen LogP contribution < -0.4 is 5.43 Å². The fourth-order valence-electron chi connectivity index (χ4n) is 3.96. The Morgan fingerprint density at radius 1 is 0.875 bits per heavy atom. The van der Waals surface area contributed by atoms with Gasteiger partial charge in [0.1, 0.15) is 0 Å². The molecule has 5 aromatic rings. The number of fused-ring (bicyclic) bond motifs is 2. The number of nitrogens with zero attached hydrogens (tertiary/aromatic N) is 2. The third kappa shape index (κ3) is 3.88. The SMILES string of the molecule is O=C(N/N=C/c1cn(Cc2ccccc2Cl)c2ccccc12)c1cccc2ccccc12. The van der Waals surface area contributed by atoms with Gasteiger partial charge >= 0.3 is 0 Å². The van der Waals surface area contributed by atoms with Crippen LogP contribution in [0.4, 0.5) is 0 Å². The number of amides is 1. The van der Waals surface area contributed by atoms with Gasteiger partial charge in [0.15, 0.2) is 0 Å². The van der Waals surface area contributed by atoms with Crippen LogP contribution in [0.2, 0.25) is 5.02 Å². The molecule has 4 aromatic carbocycles. The highest BCUT2D eigenvalue weighted by molar-refractivity contribution is 6.31. The number of para-hydroxylation sites is 1. The first-order chi connectivity index (χ1) is 15.7. The van der Waals surface area contributed by atoms with E-state index in [0.29, 0.717) is 12.1 Å². The van der Waals surface area contributed by atoms with Gasteiger partial charge in [-0.1, -0.05) is 84.4 Å². The van der Waals surface area contributed by atoms with Crippen LogP contribution in [0.1, 0.15) is 21.5 Å². The minimum atomic E-state index is -0.238. The van der Waals surface area contributed by atoms with E-state index in [1.54, 1.807) is 6.21 Å². The Hall–Kier alpha value is -3.89. The molecule has 1 amide bonds. The van der Waals surface area contributed by atoms with E-state index in [-0.39, 0.29) is 5.91 Å². The van der Waals surface area contributed by atoms with Crippen molar-refractivity contribution in [2.45, 2.75) is 6.54 Å². The molecule has 0 spiro atoms. The maximum atomic E-state index is 12.8. The molecule has 0 unspecified atom stereocenters. The van der Waals surface area contributed by atoms with Crippen molar-refractivity contribution in [3.8, 4) is 0 Å². The summed E-state index contributed by atoms with van der Waals surface area (Å²) in [5, 5.41) is 7.97.